The van der Waals surface area contributed by atoms with E-state index in [4.69, 9.17) is 9.72 Å². The second kappa shape index (κ2) is 6.62. The van der Waals surface area contributed by atoms with Crippen LogP contribution in [0.1, 0.15) is 5.69 Å². The molecule has 2 atom stereocenters. The lowest BCUT2D eigenvalue weighted by molar-refractivity contribution is -0.384. The van der Waals surface area contributed by atoms with Crippen LogP contribution in [0.4, 0.5) is 11.5 Å². The van der Waals surface area contributed by atoms with Crippen molar-refractivity contribution < 1.29 is 9.66 Å². The molecule has 2 saturated heterocycles. The number of morpholine rings is 1. The van der Waals surface area contributed by atoms with E-state index in [2.05, 4.69) is 21.8 Å². The summed E-state index contributed by atoms with van der Waals surface area (Å²) in [6.07, 6.45) is 0.201. The fourth-order valence-electron chi connectivity index (χ4n) is 3.62. The zero-order chi connectivity index (χ0) is 18.3. The average Bonchev–Trinajstić information content (AvgIpc) is 3.07. The Hall–Kier alpha value is -2.58. The third kappa shape index (κ3) is 3.13. The molecule has 2 unspecified atom stereocenters. The summed E-state index contributed by atoms with van der Waals surface area (Å²) in [6, 6.07) is 8.70. The summed E-state index contributed by atoms with van der Waals surface area (Å²) in [4.78, 5) is 24.2. The van der Waals surface area contributed by atoms with Gasteiger partial charge < -0.3 is 9.64 Å². The van der Waals surface area contributed by atoms with E-state index in [-0.39, 0.29) is 11.8 Å². The molecular weight excluding hydrogens is 334 g/mol. The topological polar surface area (TPSA) is 84.6 Å². The summed E-state index contributed by atoms with van der Waals surface area (Å²) < 4.78 is 5.91. The van der Waals surface area contributed by atoms with Crippen molar-refractivity contribution in [2.45, 2.75) is 19.1 Å². The Morgan fingerprint density at radius 1 is 1.23 bits per heavy atom. The minimum Gasteiger partial charge on any atom is -0.373 e. The first-order valence-electron chi connectivity index (χ1n) is 8.68. The number of nitrogens with zero attached hydrogens (tertiary/aromatic N) is 5. The summed E-state index contributed by atoms with van der Waals surface area (Å²) in [5, 5.41) is 10.8. The Labute approximate surface area is 151 Å². The van der Waals surface area contributed by atoms with Gasteiger partial charge in [0.15, 0.2) is 5.82 Å². The molecule has 1 aromatic heterocycles. The molecule has 1 aromatic carbocycles. The second-order valence-electron chi connectivity index (χ2n) is 6.86. The highest BCUT2D eigenvalue weighted by molar-refractivity contribution is 5.60. The first-order chi connectivity index (χ1) is 12.5. The van der Waals surface area contributed by atoms with Gasteiger partial charge in [-0.15, -0.1) is 0 Å². The molecule has 8 heteroatoms. The molecule has 2 fully saturated rings. The molecule has 26 heavy (non-hydrogen) atoms. The van der Waals surface area contributed by atoms with Crippen molar-refractivity contribution in [2.24, 2.45) is 0 Å². The zero-order valence-corrected chi connectivity index (χ0v) is 14.8. The Balaban J connectivity index is 1.61. The first kappa shape index (κ1) is 16.9. The van der Waals surface area contributed by atoms with Crippen LogP contribution < -0.4 is 4.90 Å². The number of aromatic nitrogens is 2. The van der Waals surface area contributed by atoms with Crippen LogP contribution in [0.5, 0.6) is 0 Å². The molecule has 2 aromatic rings. The number of nitro benzene ring substituents is 1. The largest absolute Gasteiger partial charge is 0.373 e. The van der Waals surface area contributed by atoms with E-state index in [9.17, 15) is 10.1 Å². The van der Waals surface area contributed by atoms with Crippen LogP contribution in [0.3, 0.4) is 0 Å². The van der Waals surface area contributed by atoms with Gasteiger partial charge in [0.1, 0.15) is 5.82 Å². The minimum absolute atomic E-state index is 0.0606. The number of nitro groups is 1. The van der Waals surface area contributed by atoms with Gasteiger partial charge in [-0.1, -0.05) is 0 Å². The molecule has 4 rings (SSSR count). The lowest BCUT2D eigenvalue weighted by atomic mass is 10.1. The molecule has 0 bridgehead atoms. The van der Waals surface area contributed by atoms with Crippen LogP contribution in [0.2, 0.25) is 0 Å². The Morgan fingerprint density at radius 2 is 2.00 bits per heavy atom. The molecule has 2 aliphatic rings. The van der Waals surface area contributed by atoms with Crippen LogP contribution in [0, 0.1) is 17.0 Å². The van der Waals surface area contributed by atoms with Crippen LogP contribution in [0.15, 0.2) is 30.3 Å². The molecule has 0 radical (unpaired) electrons. The Morgan fingerprint density at radius 3 is 2.69 bits per heavy atom. The number of hydrogen-bond acceptors (Lipinski definition) is 7. The van der Waals surface area contributed by atoms with E-state index >= 15 is 0 Å². The Bertz CT molecular complexity index is 826. The van der Waals surface area contributed by atoms with Crippen LogP contribution >= 0.6 is 0 Å². The van der Waals surface area contributed by atoms with E-state index in [1.165, 1.54) is 12.1 Å². The number of non-ortho nitro benzene ring substituents is 1. The van der Waals surface area contributed by atoms with Crippen molar-refractivity contribution in [2.75, 3.05) is 38.2 Å². The third-order valence-electron chi connectivity index (χ3n) is 5.08. The number of rotatable bonds is 3. The molecule has 3 heterocycles. The predicted octanol–water partition coefficient (Wildman–Crippen LogP) is 1.88. The van der Waals surface area contributed by atoms with E-state index < -0.39 is 4.92 Å². The maximum absolute atomic E-state index is 10.8. The van der Waals surface area contributed by atoms with Crippen molar-refractivity contribution in [3.05, 3.63) is 46.1 Å². The summed E-state index contributed by atoms with van der Waals surface area (Å²) in [5.74, 6) is 1.45. The number of aryl methyl sites for hydroxylation is 1. The summed E-state index contributed by atoms with van der Waals surface area (Å²) in [7, 11) is 2.14. The van der Waals surface area contributed by atoms with Crippen LogP contribution in [-0.4, -0.2) is 65.2 Å². The van der Waals surface area contributed by atoms with Gasteiger partial charge in [-0.3, -0.25) is 15.0 Å². The fourth-order valence-corrected chi connectivity index (χ4v) is 3.62. The van der Waals surface area contributed by atoms with Crippen LogP contribution in [-0.2, 0) is 4.74 Å². The number of fused-ring (bicyclic) bond motifs is 1. The minimum atomic E-state index is -0.408. The molecule has 0 saturated carbocycles. The number of ether oxygens (including phenoxy) is 1. The third-order valence-corrected chi connectivity index (χ3v) is 5.08. The number of anilines is 1. The predicted molar refractivity (Wildman–Crippen MR) is 97.2 cm³/mol. The molecule has 136 valence electrons. The van der Waals surface area contributed by atoms with Crippen LogP contribution in [0.25, 0.3) is 11.4 Å². The van der Waals surface area contributed by atoms with E-state index in [0.717, 1.165) is 43.3 Å². The average molecular weight is 355 g/mol. The quantitative estimate of drug-likeness (QED) is 0.614. The second-order valence-corrected chi connectivity index (χ2v) is 6.86. The summed E-state index contributed by atoms with van der Waals surface area (Å²) >= 11 is 0. The highest BCUT2D eigenvalue weighted by atomic mass is 16.6. The monoisotopic (exact) mass is 355 g/mol. The highest BCUT2D eigenvalue weighted by Gasteiger charge is 2.39. The van der Waals surface area contributed by atoms with Gasteiger partial charge in [-0.2, -0.15) is 0 Å². The first-order valence-corrected chi connectivity index (χ1v) is 8.68. The molecular formula is C18H21N5O3. The molecule has 0 spiro atoms. The van der Waals surface area contributed by atoms with Gasteiger partial charge in [-0.05, 0) is 26.1 Å². The van der Waals surface area contributed by atoms with Gasteiger partial charge in [0, 0.05) is 49.1 Å². The fraction of sp³-hybridized carbons (Fsp3) is 0.444. The molecule has 0 N–H and O–H groups in total. The SMILES string of the molecule is Cc1cc(N2CC3OCCN(C)C3C2)nc(-c2ccc([N+](=O)[O-])cc2)n1. The normalized spacial score (nSPS) is 23.1. The lowest BCUT2D eigenvalue weighted by Crippen LogP contribution is -2.48. The highest BCUT2D eigenvalue weighted by Crippen LogP contribution is 2.28. The molecule has 0 aliphatic carbocycles. The summed E-state index contributed by atoms with van der Waals surface area (Å²) in [5.41, 5.74) is 1.70. The van der Waals surface area contributed by atoms with Gasteiger partial charge in [0.2, 0.25) is 0 Å². The zero-order valence-electron chi connectivity index (χ0n) is 14.8. The van der Waals surface area contributed by atoms with Gasteiger partial charge in [-0.25, -0.2) is 9.97 Å². The Kier molecular flexibility index (Phi) is 4.29. The van der Waals surface area contributed by atoms with Gasteiger partial charge in [0.25, 0.3) is 5.69 Å². The maximum Gasteiger partial charge on any atom is 0.269 e. The van der Waals surface area contributed by atoms with Crippen molar-refractivity contribution in [3.63, 3.8) is 0 Å². The molecule has 8 nitrogen and oxygen atoms in total. The number of likely N-dealkylation sites (N-methyl/N-ethyl adjacent to an activating group) is 1. The van der Waals surface area contributed by atoms with Crippen molar-refractivity contribution in [3.8, 4) is 11.4 Å². The van der Waals surface area contributed by atoms with Crippen molar-refractivity contribution in [1.82, 2.24) is 14.9 Å². The molecule has 2 aliphatic heterocycles. The van der Waals surface area contributed by atoms with E-state index in [1.54, 1.807) is 12.1 Å². The number of hydrogen-bond donors (Lipinski definition) is 0. The van der Waals surface area contributed by atoms with Crippen molar-refractivity contribution in [1.29, 1.82) is 0 Å². The summed E-state index contributed by atoms with van der Waals surface area (Å²) in [6.45, 7) is 5.34. The van der Waals surface area contributed by atoms with Crippen molar-refractivity contribution >= 4 is 11.5 Å². The lowest BCUT2D eigenvalue weighted by Gasteiger charge is -2.33. The van der Waals surface area contributed by atoms with Gasteiger partial charge >= 0.3 is 0 Å². The maximum atomic E-state index is 10.8. The number of benzene rings is 1. The molecule has 0 amide bonds. The standard InChI is InChI=1S/C18H21N5O3/c1-12-9-17(22-10-15-16(11-22)26-8-7-21(15)2)20-18(19-12)13-3-5-14(6-4-13)23(24)25/h3-6,9,15-16H,7-8,10-11H2,1-2H3. The van der Waals surface area contributed by atoms with Gasteiger partial charge in [0.05, 0.1) is 23.7 Å². The van der Waals surface area contributed by atoms with E-state index in [0.29, 0.717) is 11.9 Å². The van der Waals surface area contributed by atoms with E-state index in [1.807, 2.05) is 13.0 Å². The smallest absolute Gasteiger partial charge is 0.269 e.